The first kappa shape index (κ1) is 13.6. The first-order chi connectivity index (χ1) is 7.59. The average Bonchev–Trinajstić information content (AvgIpc) is 2.65. The second kappa shape index (κ2) is 6.99. The number of hydrogen-bond acceptors (Lipinski definition) is 4. The van der Waals surface area contributed by atoms with E-state index in [-0.39, 0.29) is 0 Å². The number of nitrogens with one attached hydrogen (secondary N) is 1. The summed E-state index contributed by atoms with van der Waals surface area (Å²) in [7, 11) is 4.19. The van der Waals surface area contributed by atoms with Crippen molar-refractivity contribution >= 4 is 11.3 Å². The van der Waals surface area contributed by atoms with Crippen LogP contribution in [-0.4, -0.2) is 43.6 Å². The zero-order chi connectivity index (χ0) is 12.0. The quantitative estimate of drug-likeness (QED) is 0.740. The number of aromatic nitrogens is 1. The topological polar surface area (TPSA) is 28.2 Å². The SMILES string of the molecule is CC(C)c1csc(CCNCCN(C)C)n1. The van der Waals surface area contributed by atoms with Crippen LogP contribution in [0.15, 0.2) is 5.38 Å². The summed E-state index contributed by atoms with van der Waals surface area (Å²) >= 11 is 1.78. The third-order valence-electron chi connectivity index (χ3n) is 2.41. The lowest BCUT2D eigenvalue weighted by molar-refractivity contribution is 0.401. The molecule has 16 heavy (non-hydrogen) atoms. The van der Waals surface area contributed by atoms with Crippen LogP contribution in [0.5, 0.6) is 0 Å². The van der Waals surface area contributed by atoms with Gasteiger partial charge in [0, 0.05) is 31.4 Å². The third-order valence-corrected chi connectivity index (χ3v) is 3.34. The monoisotopic (exact) mass is 241 g/mol. The molecule has 3 nitrogen and oxygen atoms in total. The van der Waals surface area contributed by atoms with Gasteiger partial charge in [-0.15, -0.1) is 11.3 Å². The summed E-state index contributed by atoms with van der Waals surface area (Å²) in [6.07, 6.45) is 1.05. The fourth-order valence-corrected chi connectivity index (χ4v) is 2.29. The van der Waals surface area contributed by atoms with Crippen molar-refractivity contribution < 1.29 is 0 Å². The summed E-state index contributed by atoms with van der Waals surface area (Å²) in [5.74, 6) is 0.548. The van der Waals surface area contributed by atoms with Gasteiger partial charge in [0.15, 0.2) is 0 Å². The zero-order valence-corrected chi connectivity index (χ0v) is 11.6. The van der Waals surface area contributed by atoms with E-state index in [1.54, 1.807) is 11.3 Å². The Bertz CT molecular complexity index is 294. The lowest BCUT2D eigenvalue weighted by Crippen LogP contribution is -2.27. The second-order valence-electron chi connectivity index (χ2n) is 4.62. The molecule has 0 amide bonds. The lowest BCUT2D eigenvalue weighted by atomic mass is 10.2. The van der Waals surface area contributed by atoms with Crippen molar-refractivity contribution in [1.29, 1.82) is 0 Å². The van der Waals surface area contributed by atoms with Crippen molar-refractivity contribution in [1.82, 2.24) is 15.2 Å². The molecule has 4 heteroatoms. The first-order valence-corrected chi connectivity index (χ1v) is 6.77. The van der Waals surface area contributed by atoms with Crippen molar-refractivity contribution in [3.63, 3.8) is 0 Å². The number of rotatable bonds is 7. The molecule has 0 saturated carbocycles. The molecule has 0 aromatic carbocycles. The van der Waals surface area contributed by atoms with Crippen LogP contribution >= 0.6 is 11.3 Å². The van der Waals surface area contributed by atoms with Crippen LogP contribution in [-0.2, 0) is 6.42 Å². The van der Waals surface area contributed by atoms with Crippen molar-refractivity contribution in [3.05, 3.63) is 16.1 Å². The minimum absolute atomic E-state index is 0.548. The molecule has 0 aliphatic carbocycles. The predicted octanol–water partition coefficient (Wildman–Crippen LogP) is 1.96. The number of hydrogen-bond donors (Lipinski definition) is 1. The van der Waals surface area contributed by atoms with Crippen LogP contribution in [0, 0.1) is 0 Å². The molecule has 1 aromatic rings. The second-order valence-corrected chi connectivity index (χ2v) is 5.57. The highest BCUT2D eigenvalue weighted by Crippen LogP contribution is 2.17. The summed E-state index contributed by atoms with van der Waals surface area (Å²) in [4.78, 5) is 6.80. The molecule has 1 aromatic heterocycles. The number of thiazole rings is 1. The molecule has 0 saturated heterocycles. The molecule has 0 unspecified atom stereocenters. The molecule has 0 aliphatic heterocycles. The molecule has 1 N–H and O–H groups in total. The van der Waals surface area contributed by atoms with Crippen LogP contribution < -0.4 is 5.32 Å². The Kier molecular flexibility index (Phi) is 5.95. The molecule has 0 radical (unpaired) electrons. The van der Waals surface area contributed by atoms with Gasteiger partial charge < -0.3 is 10.2 Å². The van der Waals surface area contributed by atoms with E-state index in [1.165, 1.54) is 10.7 Å². The van der Waals surface area contributed by atoms with Crippen LogP contribution in [0.1, 0.15) is 30.5 Å². The maximum atomic E-state index is 4.61. The highest BCUT2D eigenvalue weighted by molar-refractivity contribution is 7.09. The van der Waals surface area contributed by atoms with E-state index in [9.17, 15) is 0 Å². The Hall–Kier alpha value is -0.450. The molecular weight excluding hydrogens is 218 g/mol. The van der Waals surface area contributed by atoms with Gasteiger partial charge in [0.1, 0.15) is 0 Å². The van der Waals surface area contributed by atoms with Gasteiger partial charge in [-0.05, 0) is 20.0 Å². The van der Waals surface area contributed by atoms with E-state index in [4.69, 9.17) is 0 Å². The summed E-state index contributed by atoms with van der Waals surface area (Å²) in [6, 6.07) is 0. The van der Waals surface area contributed by atoms with E-state index in [0.29, 0.717) is 5.92 Å². The fourth-order valence-electron chi connectivity index (χ4n) is 1.33. The molecular formula is C12H23N3S. The van der Waals surface area contributed by atoms with E-state index < -0.39 is 0 Å². The van der Waals surface area contributed by atoms with Gasteiger partial charge >= 0.3 is 0 Å². The number of likely N-dealkylation sites (N-methyl/N-ethyl adjacent to an activating group) is 1. The van der Waals surface area contributed by atoms with Gasteiger partial charge in [0.25, 0.3) is 0 Å². The highest BCUT2D eigenvalue weighted by Gasteiger charge is 2.04. The zero-order valence-electron chi connectivity index (χ0n) is 10.8. The smallest absolute Gasteiger partial charge is 0.0941 e. The summed E-state index contributed by atoms with van der Waals surface area (Å²) in [5.41, 5.74) is 1.23. The Morgan fingerprint density at radius 1 is 1.38 bits per heavy atom. The number of nitrogens with zero attached hydrogens (tertiary/aromatic N) is 2. The van der Waals surface area contributed by atoms with E-state index >= 15 is 0 Å². The van der Waals surface area contributed by atoms with E-state index in [0.717, 1.165) is 26.1 Å². The molecule has 0 spiro atoms. The van der Waals surface area contributed by atoms with Gasteiger partial charge in [-0.25, -0.2) is 4.98 Å². The molecule has 0 atom stereocenters. The molecule has 0 aliphatic rings. The normalized spacial score (nSPS) is 11.6. The van der Waals surface area contributed by atoms with Crippen LogP contribution in [0.4, 0.5) is 0 Å². The van der Waals surface area contributed by atoms with Gasteiger partial charge in [0.2, 0.25) is 0 Å². The predicted molar refractivity (Wildman–Crippen MR) is 71.3 cm³/mol. The highest BCUT2D eigenvalue weighted by atomic mass is 32.1. The molecule has 0 bridgehead atoms. The van der Waals surface area contributed by atoms with E-state index in [2.05, 4.69) is 48.5 Å². The minimum Gasteiger partial charge on any atom is -0.315 e. The minimum atomic E-state index is 0.548. The van der Waals surface area contributed by atoms with Crippen molar-refractivity contribution in [2.75, 3.05) is 33.7 Å². The Morgan fingerprint density at radius 3 is 2.69 bits per heavy atom. The summed E-state index contributed by atoms with van der Waals surface area (Å²) in [6.45, 7) is 7.55. The summed E-state index contributed by atoms with van der Waals surface area (Å²) in [5, 5.41) is 6.86. The Labute approximate surface area is 103 Å². The lowest BCUT2D eigenvalue weighted by Gasteiger charge is -2.09. The first-order valence-electron chi connectivity index (χ1n) is 5.89. The van der Waals surface area contributed by atoms with Crippen molar-refractivity contribution in [3.8, 4) is 0 Å². The average molecular weight is 241 g/mol. The largest absolute Gasteiger partial charge is 0.315 e. The molecule has 1 heterocycles. The molecule has 0 fully saturated rings. The molecule has 1 rings (SSSR count). The van der Waals surface area contributed by atoms with Crippen molar-refractivity contribution in [2.45, 2.75) is 26.2 Å². The summed E-state index contributed by atoms with van der Waals surface area (Å²) < 4.78 is 0. The van der Waals surface area contributed by atoms with Crippen LogP contribution in [0.2, 0.25) is 0 Å². The van der Waals surface area contributed by atoms with Crippen LogP contribution in [0.25, 0.3) is 0 Å². The Morgan fingerprint density at radius 2 is 2.12 bits per heavy atom. The molecule has 92 valence electrons. The maximum Gasteiger partial charge on any atom is 0.0941 e. The standard InChI is InChI=1S/C12H23N3S/c1-10(2)11-9-16-12(14-11)5-6-13-7-8-15(3)4/h9-10,13H,5-8H2,1-4H3. The fraction of sp³-hybridized carbons (Fsp3) is 0.750. The van der Waals surface area contributed by atoms with Gasteiger partial charge in [-0.2, -0.15) is 0 Å². The Balaban J connectivity index is 2.17. The third kappa shape index (κ3) is 5.05. The van der Waals surface area contributed by atoms with Gasteiger partial charge in [-0.1, -0.05) is 13.8 Å². The van der Waals surface area contributed by atoms with Gasteiger partial charge in [0.05, 0.1) is 10.7 Å². The van der Waals surface area contributed by atoms with Gasteiger partial charge in [-0.3, -0.25) is 0 Å². The maximum absolute atomic E-state index is 4.61. The van der Waals surface area contributed by atoms with E-state index in [1.807, 2.05) is 0 Å². The van der Waals surface area contributed by atoms with Crippen molar-refractivity contribution in [2.24, 2.45) is 0 Å². The van der Waals surface area contributed by atoms with Crippen LogP contribution in [0.3, 0.4) is 0 Å².